The first kappa shape index (κ1) is 21.5. The van der Waals surface area contributed by atoms with E-state index >= 15 is 0 Å². The molecule has 1 N–H and O–H groups in total. The summed E-state index contributed by atoms with van der Waals surface area (Å²) in [5, 5.41) is 6.78. The number of halogens is 4. The van der Waals surface area contributed by atoms with Crippen LogP contribution in [0.2, 0.25) is 5.02 Å². The third kappa shape index (κ3) is 5.35. The summed E-state index contributed by atoms with van der Waals surface area (Å²) in [6, 6.07) is 2.74. The van der Waals surface area contributed by atoms with Gasteiger partial charge in [-0.2, -0.15) is 18.3 Å². The van der Waals surface area contributed by atoms with E-state index in [1.54, 1.807) is 25.6 Å². The molecule has 6 nitrogen and oxygen atoms in total. The summed E-state index contributed by atoms with van der Waals surface area (Å²) < 4.78 is 44.6. The summed E-state index contributed by atoms with van der Waals surface area (Å²) in [7, 11) is 1.72. The van der Waals surface area contributed by atoms with Gasteiger partial charge < -0.3 is 10.1 Å². The highest BCUT2D eigenvalue weighted by atomic mass is 35.5. The van der Waals surface area contributed by atoms with Crippen LogP contribution in [0.5, 0.6) is 0 Å². The predicted octanol–water partition coefficient (Wildman–Crippen LogP) is 3.90. The van der Waals surface area contributed by atoms with Crippen molar-refractivity contribution in [2.75, 3.05) is 11.9 Å². The van der Waals surface area contributed by atoms with Crippen molar-refractivity contribution in [3.05, 3.63) is 51.8 Å². The quantitative estimate of drug-likeness (QED) is 0.593. The van der Waals surface area contributed by atoms with Gasteiger partial charge in [-0.05, 0) is 43.7 Å². The van der Waals surface area contributed by atoms with Crippen LogP contribution in [0.1, 0.15) is 22.5 Å². The van der Waals surface area contributed by atoms with E-state index in [1.807, 2.05) is 0 Å². The number of carbonyl (C=O) groups is 2. The summed E-state index contributed by atoms with van der Waals surface area (Å²) in [4.78, 5) is 23.7. The number of nitrogens with one attached hydrogen (secondary N) is 1. The third-order valence-electron chi connectivity index (χ3n) is 3.84. The highest BCUT2D eigenvalue weighted by Crippen LogP contribution is 2.32. The van der Waals surface area contributed by atoms with Gasteiger partial charge in [0.25, 0.3) is 5.91 Å². The Morgan fingerprint density at radius 1 is 1.32 bits per heavy atom. The molecule has 1 aromatic carbocycles. The highest BCUT2D eigenvalue weighted by molar-refractivity contribution is 6.32. The number of aromatic nitrogens is 2. The van der Waals surface area contributed by atoms with E-state index in [0.717, 1.165) is 36.0 Å². The fourth-order valence-electron chi connectivity index (χ4n) is 2.32. The van der Waals surface area contributed by atoms with Crippen LogP contribution < -0.4 is 5.32 Å². The van der Waals surface area contributed by atoms with Gasteiger partial charge in [-0.3, -0.25) is 9.48 Å². The first-order valence-corrected chi connectivity index (χ1v) is 8.38. The molecule has 0 saturated carbocycles. The van der Waals surface area contributed by atoms with Crippen molar-refractivity contribution < 1.29 is 27.5 Å². The Bertz CT molecular complexity index is 936. The Morgan fingerprint density at radius 3 is 2.57 bits per heavy atom. The number of benzene rings is 1. The fraction of sp³-hybridized carbons (Fsp3) is 0.278. The normalized spacial score (nSPS) is 11.7. The monoisotopic (exact) mass is 415 g/mol. The largest absolute Gasteiger partial charge is 0.452 e. The lowest BCUT2D eigenvalue weighted by Gasteiger charge is -2.08. The summed E-state index contributed by atoms with van der Waals surface area (Å²) >= 11 is 5.84. The molecule has 2 aromatic rings. The standard InChI is InChI=1S/C18H17ClF3N3O3/c1-10-17(11(2)25(3)24-10)23-15(26)9-28-16(27)7-4-12-8-13(18(20,21)22)5-6-14(12)19/h4-8H,9H2,1-3H3,(H,23,26)/b7-4+. The van der Waals surface area contributed by atoms with E-state index in [1.165, 1.54) is 0 Å². The smallest absolute Gasteiger partial charge is 0.416 e. The van der Waals surface area contributed by atoms with Crippen molar-refractivity contribution >= 4 is 35.2 Å². The minimum atomic E-state index is -4.53. The zero-order valence-electron chi connectivity index (χ0n) is 15.2. The van der Waals surface area contributed by atoms with E-state index in [0.29, 0.717) is 11.4 Å². The van der Waals surface area contributed by atoms with Gasteiger partial charge >= 0.3 is 12.1 Å². The van der Waals surface area contributed by atoms with E-state index in [4.69, 9.17) is 16.3 Å². The first-order chi connectivity index (χ1) is 13.0. The van der Waals surface area contributed by atoms with Gasteiger partial charge in [0.2, 0.25) is 0 Å². The topological polar surface area (TPSA) is 73.2 Å². The van der Waals surface area contributed by atoms with Crippen LogP contribution >= 0.6 is 11.6 Å². The summed E-state index contributed by atoms with van der Waals surface area (Å²) in [6.45, 7) is 2.92. The second-order valence-electron chi connectivity index (χ2n) is 5.89. The molecule has 10 heteroatoms. The lowest BCUT2D eigenvalue weighted by Crippen LogP contribution is -2.20. The number of nitrogens with zero attached hydrogens (tertiary/aromatic N) is 2. The molecule has 2 rings (SSSR count). The van der Waals surface area contributed by atoms with Crippen LogP contribution in [0.25, 0.3) is 6.08 Å². The molecule has 0 saturated heterocycles. The Labute approximate surface area is 163 Å². The van der Waals surface area contributed by atoms with Crippen LogP contribution in [0.3, 0.4) is 0 Å². The molecular formula is C18H17ClF3N3O3. The van der Waals surface area contributed by atoms with Gasteiger partial charge in [-0.1, -0.05) is 11.6 Å². The Hall–Kier alpha value is -2.81. The number of alkyl halides is 3. The Morgan fingerprint density at radius 2 is 2.00 bits per heavy atom. The van der Waals surface area contributed by atoms with Crippen molar-refractivity contribution in [3.63, 3.8) is 0 Å². The number of esters is 1. The van der Waals surface area contributed by atoms with E-state index in [-0.39, 0.29) is 10.6 Å². The van der Waals surface area contributed by atoms with Crippen LogP contribution in [0, 0.1) is 13.8 Å². The molecule has 0 aliphatic carbocycles. The zero-order chi connectivity index (χ0) is 21.1. The minimum Gasteiger partial charge on any atom is -0.452 e. The number of aryl methyl sites for hydroxylation is 2. The Kier molecular flexibility index (Phi) is 6.50. The molecule has 150 valence electrons. The highest BCUT2D eigenvalue weighted by Gasteiger charge is 2.30. The maximum Gasteiger partial charge on any atom is 0.416 e. The van der Waals surface area contributed by atoms with Crippen LogP contribution in [0.4, 0.5) is 18.9 Å². The molecule has 0 fully saturated rings. The molecule has 0 aliphatic heterocycles. The second kappa shape index (κ2) is 8.47. The molecule has 1 amide bonds. The summed E-state index contributed by atoms with van der Waals surface area (Å²) in [5.41, 5.74) is 0.968. The van der Waals surface area contributed by atoms with Crippen LogP contribution in [-0.2, 0) is 27.5 Å². The average Bonchev–Trinajstić information content (AvgIpc) is 2.84. The molecule has 0 unspecified atom stereocenters. The van der Waals surface area contributed by atoms with Crippen molar-refractivity contribution in [2.45, 2.75) is 20.0 Å². The van der Waals surface area contributed by atoms with E-state index in [2.05, 4.69) is 10.4 Å². The van der Waals surface area contributed by atoms with Crippen molar-refractivity contribution in [2.24, 2.45) is 7.05 Å². The number of ether oxygens (including phenoxy) is 1. The molecule has 0 atom stereocenters. The molecule has 0 spiro atoms. The van der Waals surface area contributed by atoms with Gasteiger partial charge in [-0.15, -0.1) is 0 Å². The van der Waals surface area contributed by atoms with Gasteiger partial charge in [0.15, 0.2) is 6.61 Å². The van der Waals surface area contributed by atoms with Crippen LogP contribution in [0.15, 0.2) is 24.3 Å². The minimum absolute atomic E-state index is 0.000460. The van der Waals surface area contributed by atoms with E-state index < -0.39 is 30.2 Å². The lowest BCUT2D eigenvalue weighted by atomic mass is 10.1. The molecule has 0 aliphatic rings. The number of carbonyl (C=O) groups excluding carboxylic acids is 2. The molecule has 0 radical (unpaired) electrons. The SMILES string of the molecule is Cc1nn(C)c(C)c1NC(=O)COC(=O)/C=C/c1cc(C(F)(F)F)ccc1Cl. The number of anilines is 1. The van der Waals surface area contributed by atoms with Gasteiger partial charge in [-0.25, -0.2) is 4.79 Å². The molecule has 0 bridgehead atoms. The average molecular weight is 416 g/mol. The van der Waals surface area contributed by atoms with Crippen molar-refractivity contribution in [1.82, 2.24) is 9.78 Å². The number of hydrogen-bond donors (Lipinski definition) is 1. The number of amides is 1. The van der Waals surface area contributed by atoms with Gasteiger partial charge in [0.1, 0.15) is 0 Å². The molecular weight excluding hydrogens is 399 g/mol. The van der Waals surface area contributed by atoms with Crippen LogP contribution in [-0.4, -0.2) is 28.3 Å². The maximum absolute atomic E-state index is 12.7. The molecule has 1 aromatic heterocycles. The summed E-state index contributed by atoms with van der Waals surface area (Å²) in [6.07, 6.45) is -2.54. The van der Waals surface area contributed by atoms with Gasteiger partial charge in [0.05, 0.1) is 22.6 Å². The van der Waals surface area contributed by atoms with E-state index in [9.17, 15) is 22.8 Å². The number of hydrogen-bond acceptors (Lipinski definition) is 4. The number of rotatable bonds is 5. The Balaban J connectivity index is 1.96. The van der Waals surface area contributed by atoms with Crippen molar-refractivity contribution in [3.8, 4) is 0 Å². The predicted molar refractivity (Wildman–Crippen MR) is 97.8 cm³/mol. The first-order valence-electron chi connectivity index (χ1n) is 8.00. The third-order valence-corrected chi connectivity index (χ3v) is 4.19. The maximum atomic E-state index is 12.7. The molecule has 1 heterocycles. The lowest BCUT2D eigenvalue weighted by molar-refractivity contribution is -0.142. The molecule has 28 heavy (non-hydrogen) atoms. The zero-order valence-corrected chi connectivity index (χ0v) is 16.0. The van der Waals surface area contributed by atoms with Crippen molar-refractivity contribution in [1.29, 1.82) is 0 Å². The summed E-state index contributed by atoms with van der Waals surface area (Å²) in [5.74, 6) is -1.47. The second-order valence-corrected chi connectivity index (χ2v) is 6.30. The fourth-order valence-corrected chi connectivity index (χ4v) is 2.50. The van der Waals surface area contributed by atoms with Gasteiger partial charge in [0, 0.05) is 18.1 Å².